The minimum atomic E-state index is 0.0257. The fourth-order valence-corrected chi connectivity index (χ4v) is 2.88. The molecule has 0 aliphatic carbocycles. The summed E-state index contributed by atoms with van der Waals surface area (Å²) in [6.45, 7) is 3.49. The standard InChI is InChI=1S/C15H19BrN2O2/c1-11(19)18-7-5-13(6-8-18)15(20)17-10-12-3-2-4-14(16)9-12/h2-4,9,13H,5-8,10H2,1H3,(H,17,20). The maximum Gasteiger partial charge on any atom is 0.223 e. The van der Waals surface area contributed by atoms with Gasteiger partial charge in [0.15, 0.2) is 0 Å². The summed E-state index contributed by atoms with van der Waals surface area (Å²) in [5.74, 6) is 0.212. The van der Waals surface area contributed by atoms with Gasteiger partial charge in [-0.1, -0.05) is 28.1 Å². The van der Waals surface area contributed by atoms with Crippen LogP contribution < -0.4 is 5.32 Å². The van der Waals surface area contributed by atoms with Gasteiger partial charge in [0.2, 0.25) is 11.8 Å². The quantitative estimate of drug-likeness (QED) is 0.919. The molecule has 0 spiro atoms. The van der Waals surface area contributed by atoms with Crippen LogP contribution in [-0.2, 0) is 16.1 Å². The third-order valence-corrected chi connectivity index (χ3v) is 4.16. The predicted octanol–water partition coefficient (Wildman–Crippen LogP) is 2.32. The number of carbonyl (C=O) groups excluding carboxylic acids is 2. The molecule has 1 fully saturated rings. The molecule has 1 aromatic rings. The lowest BCUT2D eigenvalue weighted by Gasteiger charge is -2.30. The van der Waals surface area contributed by atoms with Gasteiger partial charge >= 0.3 is 0 Å². The Morgan fingerprint density at radius 2 is 2.05 bits per heavy atom. The lowest BCUT2D eigenvalue weighted by Crippen LogP contribution is -2.42. The number of hydrogen-bond acceptors (Lipinski definition) is 2. The molecule has 108 valence electrons. The van der Waals surface area contributed by atoms with Crippen LogP contribution >= 0.6 is 15.9 Å². The highest BCUT2D eigenvalue weighted by Crippen LogP contribution is 2.18. The van der Waals surface area contributed by atoms with Gasteiger partial charge in [-0.25, -0.2) is 0 Å². The van der Waals surface area contributed by atoms with Crippen LogP contribution in [0.2, 0.25) is 0 Å². The number of carbonyl (C=O) groups is 2. The van der Waals surface area contributed by atoms with E-state index in [0.29, 0.717) is 19.6 Å². The van der Waals surface area contributed by atoms with Gasteiger partial charge in [0.1, 0.15) is 0 Å². The van der Waals surface area contributed by atoms with Gasteiger partial charge in [-0.3, -0.25) is 9.59 Å². The average molecular weight is 339 g/mol. The first-order valence-electron chi connectivity index (χ1n) is 6.84. The highest BCUT2D eigenvalue weighted by molar-refractivity contribution is 9.10. The molecule has 1 aliphatic rings. The smallest absolute Gasteiger partial charge is 0.223 e. The molecule has 1 heterocycles. The van der Waals surface area contributed by atoms with Crippen molar-refractivity contribution in [3.63, 3.8) is 0 Å². The van der Waals surface area contributed by atoms with Crippen LogP contribution in [0.5, 0.6) is 0 Å². The van der Waals surface area contributed by atoms with E-state index in [9.17, 15) is 9.59 Å². The summed E-state index contributed by atoms with van der Waals surface area (Å²) in [5, 5.41) is 2.98. The third kappa shape index (κ3) is 4.07. The summed E-state index contributed by atoms with van der Waals surface area (Å²) in [5.41, 5.74) is 1.08. The van der Waals surface area contributed by atoms with Crippen LogP contribution in [-0.4, -0.2) is 29.8 Å². The second-order valence-corrected chi connectivity index (χ2v) is 6.04. The lowest BCUT2D eigenvalue weighted by atomic mass is 9.96. The van der Waals surface area contributed by atoms with Gasteiger partial charge in [0, 0.05) is 36.9 Å². The predicted molar refractivity (Wildman–Crippen MR) is 81.0 cm³/mol. The van der Waals surface area contributed by atoms with E-state index in [2.05, 4.69) is 21.2 Å². The van der Waals surface area contributed by atoms with Crippen molar-refractivity contribution >= 4 is 27.7 Å². The molecule has 1 aromatic carbocycles. The van der Waals surface area contributed by atoms with Crippen molar-refractivity contribution in [1.82, 2.24) is 10.2 Å². The third-order valence-electron chi connectivity index (χ3n) is 3.67. The normalized spacial score (nSPS) is 16.0. The van der Waals surface area contributed by atoms with Crippen molar-refractivity contribution in [2.24, 2.45) is 5.92 Å². The molecule has 0 unspecified atom stereocenters. The van der Waals surface area contributed by atoms with Crippen molar-refractivity contribution in [2.75, 3.05) is 13.1 Å². The lowest BCUT2D eigenvalue weighted by molar-refractivity contribution is -0.134. The maximum absolute atomic E-state index is 12.1. The summed E-state index contributed by atoms with van der Waals surface area (Å²) in [4.78, 5) is 25.1. The van der Waals surface area contributed by atoms with E-state index in [0.717, 1.165) is 22.9 Å². The molecule has 1 N–H and O–H groups in total. The van der Waals surface area contributed by atoms with Crippen molar-refractivity contribution in [1.29, 1.82) is 0 Å². The Labute approximate surface area is 127 Å². The molecule has 2 rings (SSSR count). The molecule has 1 saturated heterocycles. The van der Waals surface area contributed by atoms with Gasteiger partial charge in [-0.2, -0.15) is 0 Å². The highest BCUT2D eigenvalue weighted by atomic mass is 79.9. The van der Waals surface area contributed by atoms with Crippen LogP contribution in [0.4, 0.5) is 0 Å². The molecule has 2 amide bonds. The molecule has 20 heavy (non-hydrogen) atoms. The first-order valence-corrected chi connectivity index (χ1v) is 7.63. The molecule has 0 atom stereocenters. The number of hydrogen-bond donors (Lipinski definition) is 1. The zero-order valence-electron chi connectivity index (χ0n) is 11.6. The number of rotatable bonds is 3. The Hall–Kier alpha value is -1.36. The second kappa shape index (κ2) is 6.88. The molecular formula is C15H19BrN2O2. The Bertz CT molecular complexity index is 496. The number of likely N-dealkylation sites (tertiary alicyclic amines) is 1. The SMILES string of the molecule is CC(=O)N1CCC(C(=O)NCc2cccc(Br)c2)CC1. The van der Waals surface area contributed by atoms with Crippen LogP contribution in [0.3, 0.4) is 0 Å². The average Bonchev–Trinajstić information content (AvgIpc) is 2.45. The molecular weight excluding hydrogens is 320 g/mol. The first kappa shape index (κ1) is 15.0. The Kier molecular flexibility index (Phi) is 5.17. The monoisotopic (exact) mass is 338 g/mol. The van der Waals surface area contributed by atoms with Crippen LogP contribution in [0.15, 0.2) is 28.7 Å². The number of piperidine rings is 1. The zero-order chi connectivity index (χ0) is 14.5. The molecule has 4 nitrogen and oxygen atoms in total. The number of nitrogens with zero attached hydrogens (tertiary/aromatic N) is 1. The largest absolute Gasteiger partial charge is 0.352 e. The number of amides is 2. The first-order chi connectivity index (χ1) is 9.56. The minimum absolute atomic E-state index is 0.0257. The summed E-state index contributed by atoms with van der Waals surface area (Å²) >= 11 is 3.42. The molecule has 0 aromatic heterocycles. The van der Waals surface area contributed by atoms with Gasteiger partial charge in [-0.15, -0.1) is 0 Å². The molecule has 5 heteroatoms. The maximum atomic E-state index is 12.1. The van der Waals surface area contributed by atoms with E-state index in [-0.39, 0.29) is 17.7 Å². The van der Waals surface area contributed by atoms with Crippen molar-refractivity contribution < 1.29 is 9.59 Å². The van der Waals surface area contributed by atoms with Crippen molar-refractivity contribution in [3.05, 3.63) is 34.3 Å². The molecule has 0 saturated carbocycles. The molecule has 1 aliphatic heterocycles. The molecule has 0 bridgehead atoms. The van der Waals surface area contributed by atoms with Gasteiger partial charge in [0.25, 0.3) is 0 Å². The van der Waals surface area contributed by atoms with E-state index >= 15 is 0 Å². The van der Waals surface area contributed by atoms with Crippen LogP contribution in [0.1, 0.15) is 25.3 Å². The zero-order valence-corrected chi connectivity index (χ0v) is 13.1. The van der Waals surface area contributed by atoms with Crippen LogP contribution in [0, 0.1) is 5.92 Å². The summed E-state index contributed by atoms with van der Waals surface area (Å²) in [6, 6.07) is 7.90. The van der Waals surface area contributed by atoms with E-state index in [1.54, 1.807) is 11.8 Å². The number of benzene rings is 1. The van der Waals surface area contributed by atoms with Gasteiger partial charge < -0.3 is 10.2 Å². The summed E-state index contributed by atoms with van der Waals surface area (Å²) < 4.78 is 1.01. The van der Waals surface area contributed by atoms with Gasteiger partial charge in [-0.05, 0) is 30.5 Å². The van der Waals surface area contributed by atoms with E-state index in [1.165, 1.54) is 0 Å². The van der Waals surface area contributed by atoms with E-state index in [4.69, 9.17) is 0 Å². The Balaban J connectivity index is 1.80. The second-order valence-electron chi connectivity index (χ2n) is 5.13. The van der Waals surface area contributed by atoms with Crippen molar-refractivity contribution in [3.8, 4) is 0 Å². The van der Waals surface area contributed by atoms with Gasteiger partial charge in [0.05, 0.1) is 0 Å². The Morgan fingerprint density at radius 1 is 1.35 bits per heavy atom. The fourth-order valence-electron chi connectivity index (χ4n) is 2.44. The van der Waals surface area contributed by atoms with Crippen LogP contribution in [0.25, 0.3) is 0 Å². The summed E-state index contributed by atoms with van der Waals surface area (Å²) in [6.07, 6.45) is 1.51. The Morgan fingerprint density at radius 3 is 2.65 bits per heavy atom. The fraction of sp³-hybridized carbons (Fsp3) is 0.467. The topological polar surface area (TPSA) is 49.4 Å². The number of halogens is 1. The molecule has 0 radical (unpaired) electrons. The summed E-state index contributed by atoms with van der Waals surface area (Å²) in [7, 11) is 0. The van der Waals surface area contributed by atoms with E-state index < -0.39 is 0 Å². The minimum Gasteiger partial charge on any atom is -0.352 e. The van der Waals surface area contributed by atoms with E-state index in [1.807, 2.05) is 24.3 Å². The van der Waals surface area contributed by atoms with Crippen molar-refractivity contribution in [2.45, 2.75) is 26.3 Å². The number of nitrogens with one attached hydrogen (secondary N) is 1. The highest BCUT2D eigenvalue weighted by Gasteiger charge is 2.25.